The van der Waals surface area contributed by atoms with E-state index in [1.807, 2.05) is 0 Å². The fourth-order valence-electron chi connectivity index (χ4n) is 8.58. The number of rotatable bonds is 56. The van der Waals surface area contributed by atoms with Gasteiger partial charge in [-0.3, -0.25) is 14.4 Å². The minimum atomic E-state index is -0.780. The van der Waals surface area contributed by atoms with Crippen molar-refractivity contribution in [2.45, 2.75) is 297 Å². The van der Waals surface area contributed by atoms with Gasteiger partial charge in [-0.1, -0.05) is 278 Å². The van der Waals surface area contributed by atoms with Crippen molar-refractivity contribution in [2.24, 2.45) is 0 Å². The molecule has 0 saturated heterocycles. The Balaban J connectivity index is 4.12. The van der Waals surface area contributed by atoms with Crippen LogP contribution in [0.2, 0.25) is 0 Å². The number of carbonyl (C=O) groups excluding carboxylic acids is 3. The predicted octanol–water partition coefficient (Wildman–Crippen LogP) is 21.4. The summed E-state index contributed by atoms with van der Waals surface area (Å²) in [5.74, 6) is -0.890. The zero-order chi connectivity index (χ0) is 54.3. The van der Waals surface area contributed by atoms with Gasteiger partial charge in [0.2, 0.25) is 0 Å². The third-order valence-corrected chi connectivity index (χ3v) is 13.2. The highest BCUT2D eigenvalue weighted by Gasteiger charge is 2.19. The van der Waals surface area contributed by atoms with Gasteiger partial charge in [-0.05, 0) is 103 Å². The topological polar surface area (TPSA) is 78.9 Å². The fraction of sp³-hybridized carbons (Fsp3) is 0.696. The molecule has 0 spiro atoms. The van der Waals surface area contributed by atoms with Gasteiger partial charge in [0.25, 0.3) is 0 Å². The van der Waals surface area contributed by atoms with Gasteiger partial charge in [0.1, 0.15) is 13.2 Å². The van der Waals surface area contributed by atoms with Gasteiger partial charge >= 0.3 is 17.9 Å². The Hall–Kier alpha value is -3.93. The molecule has 0 aromatic rings. The Bertz CT molecular complexity index is 1520. The average molecular weight is 1040 g/mol. The molecule has 0 aromatic heterocycles. The van der Waals surface area contributed by atoms with Crippen molar-refractivity contribution in [1.29, 1.82) is 0 Å². The lowest BCUT2D eigenvalue weighted by Crippen LogP contribution is -2.30. The normalized spacial score (nSPS) is 12.8. The van der Waals surface area contributed by atoms with Crippen molar-refractivity contribution in [2.75, 3.05) is 13.2 Å². The van der Waals surface area contributed by atoms with Crippen LogP contribution < -0.4 is 0 Å². The Labute approximate surface area is 463 Å². The molecule has 0 aliphatic carbocycles. The maximum absolute atomic E-state index is 12.8. The van der Waals surface area contributed by atoms with E-state index in [4.69, 9.17) is 14.2 Å². The summed E-state index contributed by atoms with van der Waals surface area (Å²) >= 11 is 0. The number of ether oxygens (including phenoxy) is 3. The summed E-state index contributed by atoms with van der Waals surface area (Å²) in [5, 5.41) is 0. The highest BCUT2D eigenvalue weighted by molar-refractivity contribution is 5.71. The average Bonchev–Trinajstić information content (AvgIpc) is 3.41. The largest absolute Gasteiger partial charge is 0.462 e. The van der Waals surface area contributed by atoms with Gasteiger partial charge < -0.3 is 14.2 Å². The molecule has 0 bridgehead atoms. The lowest BCUT2D eigenvalue weighted by atomic mass is 10.0. The highest BCUT2D eigenvalue weighted by Crippen LogP contribution is 2.16. The summed E-state index contributed by atoms with van der Waals surface area (Å²) in [4.78, 5) is 38.1. The second-order valence-corrected chi connectivity index (χ2v) is 20.6. The lowest BCUT2D eigenvalue weighted by Gasteiger charge is -2.18. The third-order valence-electron chi connectivity index (χ3n) is 13.2. The Morgan fingerprint density at radius 2 is 0.547 bits per heavy atom. The number of esters is 3. The molecule has 6 heteroatoms. The molecular weight excluding hydrogens is 925 g/mol. The second-order valence-electron chi connectivity index (χ2n) is 20.6. The van der Waals surface area contributed by atoms with Gasteiger partial charge in [0.05, 0.1) is 0 Å². The molecule has 0 radical (unpaired) electrons. The SMILES string of the molecule is CC/C=C\C/C=C\C/C=C\C/C=C\C/C=C\C/C=C\C/C=C\C/C=C\CCCCCCCCCCCCC(=O)OCC(COC(=O)CCCCCCC/C=C\CCC)OC(=O)CCCCCCCCCCCCCC. The van der Waals surface area contributed by atoms with Crippen LogP contribution in [0, 0.1) is 0 Å². The quantitative estimate of drug-likeness (QED) is 0.0261. The lowest BCUT2D eigenvalue weighted by molar-refractivity contribution is -0.167. The summed E-state index contributed by atoms with van der Waals surface area (Å²) in [6.45, 7) is 6.46. The van der Waals surface area contributed by atoms with E-state index >= 15 is 0 Å². The van der Waals surface area contributed by atoms with Crippen LogP contribution in [0.15, 0.2) is 109 Å². The van der Waals surface area contributed by atoms with E-state index in [1.54, 1.807) is 0 Å². The minimum Gasteiger partial charge on any atom is -0.462 e. The van der Waals surface area contributed by atoms with E-state index in [0.29, 0.717) is 19.3 Å². The molecule has 0 heterocycles. The van der Waals surface area contributed by atoms with Crippen LogP contribution in [0.25, 0.3) is 0 Å². The van der Waals surface area contributed by atoms with E-state index < -0.39 is 6.10 Å². The molecule has 0 fully saturated rings. The van der Waals surface area contributed by atoms with Crippen molar-refractivity contribution in [3.05, 3.63) is 109 Å². The summed E-state index contributed by atoms with van der Waals surface area (Å²) in [5.41, 5.74) is 0. The first-order valence-corrected chi connectivity index (χ1v) is 31.4. The molecule has 0 aromatic carbocycles. The standard InChI is InChI=1S/C69H116O6/c1-4-7-10-13-16-19-22-24-25-26-27-28-29-30-31-32-33-34-35-36-37-38-39-40-41-42-43-44-45-46-48-50-53-56-59-62-68(71)74-65-66(64-73-67(70)61-58-55-52-49-21-18-15-12-9-6-3)75-69(72)63-60-57-54-51-47-23-20-17-14-11-8-5-2/h7,10,12,15-16,19,24-25,27-28,30-31,33-34,36-37,39-40,66H,4-6,8-9,11,13-14,17-18,20-23,26,29,32,35,38,41-65H2,1-3H3/b10-7-,15-12-,19-16-,25-24-,28-27-,31-30-,34-33-,37-36-,40-39-. The van der Waals surface area contributed by atoms with Gasteiger partial charge in [0.15, 0.2) is 6.10 Å². The molecule has 1 unspecified atom stereocenters. The van der Waals surface area contributed by atoms with Crippen molar-refractivity contribution in [3.8, 4) is 0 Å². The van der Waals surface area contributed by atoms with Crippen molar-refractivity contribution in [1.82, 2.24) is 0 Å². The molecule has 1 atom stereocenters. The smallest absolute Gasteiger partial charge is 0.306 e. The zero-order valence-electron chi connectivity index (χ0n) is 49.0. The number of unbranched alkanes of at least 4 members (excludes halogenated alkanes) is 27. The van der Waals surface area contributed by atoms with Crippen LogP contribution in [0.4, 0.5) is 0 Å². The van der Waals surface area contributed by atoms with Crippen molar-refractivity contribution < 1.29 is 28.6 Å². The van der Waals surface area contributed by atoms with Crippen LogP contribution in [-0.4, -0.2) is 37.2 Å². The molecule has 0 aliphatic heterocycles. The number of carbonyl (C=O) groups is 3. The third kappa shape index (κ3) is 60.8. The Morgan fingerprint density at radius 3 is 0.880 bits per heavy atom. The van der Waals surface area contributed by atoms with Gasteiger partial charge in [-0.2, -0.15) is 0 Å². The predicted molar refractivity (Wildman–Crippen MR) is 325 cm³/mol. The Kier molecular flexibility index (Phi) is 59.3. The summed E-state index contributed by atoms with van der Waals surface area (Å²) in [7, 11) is 0. The van der Waals surface area contributed by atoms with E-state index in [9.17, 15) is 14.4 Å². The summed E-state index contributed by atoms with van der Waals surface area (Å²) in [6.07, 6.45) is 85.4. The van der Waals surface area contributed by atoms with Crippen LogP contribution in [0.5, 0.6) is 0 Å². The van der Waals surface area contributed by atoms with E-state index in [0.717, 1.165) is 122 Å². The van der Waals surface area contributed by atoms with Crippen LogP contribution in [-0.2, 0) is 28.6 Å². The van der Waals surface area contributed by atoms with E-state index in [1.165, 1.54) is 128 Å². The van der Waals surface area contributed by atoms with Gasteiger partial charge in [0, 0.05) is 19.3 Å². The molecule has 428 valence electrons. The first-order valence-electron chi connectivity index (χ1n) is 31.4. The first kappa shape index (κ1) is 71.1. The molecule has 0 amide bonds. The molecule has 75 heavy (non-hydrogen) atoms. The monoisotopic (exact) mass is 1040 g/mol. The zero-order valence-corrected chi connectivity index (χ0v) is 49.0. The molecule has 0 rings (SSSR count). The molecule has 0 N–H and O–H groups in total. The maximum atomic E-state index is 12.8. The van der Waals surface area contributed by atoms with Crippen LogP contribution in [0.1, 0.15) is 290 Å². The molecule has 0 aliphatic rings. The van der Waals surface area contributed by atoms with Crippen molar-refractivity contribution >= 4 is 17.9 Å². The minimum absolute atomic E-state index is 0.0804. The van der Waals surface area contributed by atoms with Gasteiger partial charge in [-0.25, -0.2) is 0 Å². The van der Waals surface area contributed by atoms with Crippen LogP contribution in [0.3, 0.4) is 0 Å². The number of allylic oxidation sites excluding steroid dienone is 18. The second kappa shape index (κ2) is 62.6. The van der Waals surface area contributed by atoms with E-state index in [2.05, 4.69) is 130 Å². The number of hydrogen-bond acceptors (Lipinski definition) is 6. The van der Waals surface area contributed by atoms with Crippen LogP contribution >= 0.6 is 0 Å². The van der Waals surface area contributed by atoms with Crippen molar-refractivity contribution in [3.63, 3.8) is 0 Å². The summed E-state index contributed by atoms with van der Waals surface area (Å²) in [6, 6.07) is 0. The maximum Gasteiger partial charge on any atom is 0.306 e. The van der Waals surface area contributed by atoms with Gasteiger partial charge in [-0.15, -0.1) is 0 Å². The summed E-state index contributed by atoms with van der Waals surface area (Å²) < 4.78 is 16.8. The molecular formula is C69H116O6. The first-order chi connectivity index (χ1) is 37.0. The molecule has 6 nitrogen and oxygen atoms in total. The number of hydrogen-bond donors (Lipinski definition) is 0. The van der Waals surface area contributed by atoms with E-state index in [-0.39, 0.29) is 31.1 Å². The fourth-order valence-corrected chi connectivity index (χ4v) is 8.58. The Morgan fingerprint density at radius 1 is 0.280 bits per heavy atom. The molecule has 0 saturated carbocycles. The highest BCUT2D eigenvalue weighted by atomic mass is 16.6.